The molecule has 96 valence electrons. The van der Waals surface area contributed by atoms with Gasteiger partial charge in [-0.15, -0.1) is 0 Å². The Hall–Kier alpha value is -1.04. The average molecular weight is 246 g/mol. The van der Waals surface area contributed by atoms with E-state index in [4.69, 9.17) is 9.47 Å². The summed E-state index contributed by atoms with van der Waals surface area (Å²) in [5.41, 5.74) is 0.0849. The van der Waals surface area contributed by atoms with Crippen molar-refractivity contribution in [3.8, 4) is 0 Å². The number of hydrogen-bond acceptors (Lipinski definition) is 3. The molecule has 1 aromatic carbocycles. The second kappa shape index (κ2) is 7.32. The SMILES string of the molecule is COCCOCCC(O)c1ccc(F)cc1F. The smallest absolute Gasteiger partial charge is 0.131 e. The van der Waals surface area contributed by atoms with Crippen molar-refractivity contribution >= 4 is 0 Å². The van der Waals surface area contributed by atoms with Crippen LogP contribution in [-0.2, 0) is 9.47 Å². The lowest BCUT2D eigenvalue weighted by Crippen LogP contribution is -2.08. The predicted octanol–water partition coefficient (Wildman–Crippen LogP) is 2.05. The van der Waals surface area contributed by atoms with Gasteiger partial charge in [-0.05, 0) is 6.07 Å². The van der Waals surface area contributed by atoms with Crippen molar-refractivity contribution in [2.75, 3.05) is 26.9 Å². The maximum Gasteiger partial charge on any atom is 0.131 e. The summed E-state index contributed by atoms with van der Waals surface area (Å²) in [5, 5.41) is 9.68. The molecule has 0 heterocycles. The maximum absolute atomic E-state index is 13.3. The summed E-state index contributed by atoms with van der Waals surface area (Å²) in [5.74, 6) is -1.40. The highest BCUT2D eigenvalue weighted by atomic mass is 19.1. The van der Waals surface area contributed by atoms with Crippen LogP contribution in [0.3, 0.4) is 0 Å². The Bertz CT molecular complexity index is 345. The van der Waals surface area contributed by atoms with E-state index in [9.17, 15) is 13.9 Å². The van der Waals surface area contributed by atoms with Crippen LogP contribution >= 0.6 is 0 Å². The lowest BCUT2D eigenvalue weighted by molar-refractivity contribution is 0.0468. The predicted molar refractivity (Wildman–Crippen MR) is 58.6 cm³/mol. The molecule has 3 nitrogen and oxygen atoms in total. The van der Waals surface area contributed by atoms with Gasteiger partial charge in [0.2, 0.25) is 0 Å². The number of ether oxygens (including phenoxy) is 2. The van der Waals surface area contributed by atoms with Crippen molar-refractivity contribution in [2.24, 2.45) is 0 Å². The summed E-state index contributed by atoms with van der Waals surface area (Å²) < 4.78 is 35.8. The average Bonchev–Trinajstić information content (AvgIpc) is 2.28. The minimum Gasteiger partial charge on any atom is -0.388 e. The molecule has 0 spiro atoms. The molecule has 1 N–H and O–H groups in total. The summed E-state index contributed by atoms with van der Waals surface area (Å²) in [6.45, 7) is 1.19. The summed E-state index contributed by atoms with van der Waals surface area (Å²) in [4.78, 5) is 0. The molecule has 0 aromatic heterocycles. The molecule has 0 bridgehead atoms. The Morgan fingerprint density at radius 3 is 2.65 bits per heavy atom. The van der Waals surface area contributed by atoms with E-state index in [2.05, 4.69) is 0 Å². The van der Waals surface area contributed by atoms with Crippen molar-refractivity contribution in [2.45, 2.75) is 12.5 Å². The van der Waals surface area contributed by atoms with Gasteiger partial charge in [0, 0.05) is 31.8 Å². The summed E-state index contributed by atoms with van der Waals surface area (Å²) in [6.07, 6.45) is -0.732. The normalized spacial score (nSPS) is 12.7. The topological polar surface area (TPSA) is 38.7 Å². The molecule has 1 atom stereocenters. The van der Waals surface area contributed by atoms with Crippen LogP contribution < -0.4 is 0 Å². The highest BCUT2D eigenvalue weighted by Crippen LogP contribution is 2.20. The number of halogens is 2. The molecular weight excluding hydrogens is 230 g/mol. The van der Waals surface area contributed by atoms with E-state index in [1.807, 2.05) is 0 Å². The molecule has 1 unspecified atom stereocenters. The molecule has 0 aliphatic heterocycles. The fourth-order valence-electron chi connectivity index (χ4n) is 1.37. The van der Waals surface area contributed by atoms with Gasteiger partial charge < -0.3 is 14.6 Å². The molecule has 5 heteroatoms. The zero-order chi connectivity index (χ0) is 12.7. The lowest BCUT2D eigenvalue weighted by Gasteiger charge is -2.12. The molecule has 0 fully saturated rings. The molecular formula is C12H16F2O3. The van der Waals surface area contributed by atoms with Crippen LogP contribution in [0.25, 0.3) is 0 Å². The van der Waals surface area contributed by atoms with E-state index in [0.717, 1.165) is 12.1 Å². The number of rotatable bonds is 7. The fourth-order valence-corrected chi connectivity index (χ4v) is 1.37. The van der Waals surface area contributed by atoms with E-state index in [-0.39, 0.29) is 12.0 Å². The Morgan fingerprint density at radius 1 is 1.24 bits per heavy atom. The zero-order valence-corrected chi connectivity index (χ0v) is 9.66. The van der Waals surface area contributed by atoms with Gasteiger partial charge in [-0.2, -0.15) is 0 Å². The van der Waals surface area contributed by atoms with Gasteiger partial charge in [0.25, 0.3) is 0 Å². The number of hydrogen-bond donors (Lipinski definition) is 1. The van der Waals surface area contributed by atoms with Gasteiger partial charge in [0.05, 0.1) is 19.3 Å². The molecule has 0 aliphatic rings. The molecule has 1 rings (SSSR count). The van der Waals surface area contributed by atoms with Gasteiger partial charge in [0.15, 0.2) is 0 Å². The first-order valence-electron chi connectivity index (χ1n) is 5.35. The molecule has 0 aliphatic carbocycles. The second-order valence-corrected chi connectivity index (χ2v) is 3.58. The van der Waals surface area contributed by atoms with Gasteiger partial charge in [0.1, 0.15) is 11.6 Å². The molecule has 0 saturated heterocycles. The van der Waals surface area contributed by atoms with E-state index in [1.165, 1.54) is 6.07 Å². The van der Waals surface area contributed by atoms with Crippen molar-refractivity contribution < 1.29 is 23.4 Å². The Morgan fingerprint density at radius 2 is 2.00 bits per heavy atom. The highest BCUT2D eigenvalue weighted by molar-refractivity contribution is 5.20. The molecule has 0 saturated carbocycles. The molecule has 17 heavy (non-hydrogen) atoms. The molecule has 0 radical (unpaired) electrons. The number of benzene rings is 1. The summed E-state index contributed by atoms with van der Waals surface area (Å²) in [7, 11) is 1.56. The Balaban J connectivity index is 2.38. The van der Waals surface area contributed by atoms with E-state index >= 15 is 0 Å². The Labute approximate surface area is 99.0 Å². The zero-order valence-electron chi connectivity index (χ0n) is 9.66. The van der Waals surface area contributed by atoms with Crippen LogP contribution in [-0.4, -0.2) is 32.0 Å². The van der Waals surface area contributed by atoms with E-state index < -0.39 is 17.7 Å². The van der Waals surface area contributed by atoms with Crippen LogP contribution in [0.1, 0.15) is 18.1 Å². The van der Waals surface area contributed by atoms with Gasteiger partial charge in [-0.3, -0.25) is 0 Å². The van der Waals surface area contributed by atoms with Crippen LogP contribution in [0.15, 0.2) is 18.2 Å². The van der Waals surface area contributed by atoms with Crippen LogP contribution in [0.5, 0.6) is 0 Å². The summed E-state index contributed by atoms with van der Waals surface area (Å²) in [6, 6.07) is 3.11. The monoisotopic (exact) mass is 246 g/mol. The van der Waals surface area contributed by atoms with E-state index in [1.54, 1.807) is 7.11 Å². The van der Waals surface area contributed by atoms with E-state index in [0.29, 0.717) is 19.8 Å². The standard InChI is InChI=1S/C12H16F2O3/c1-16-6-7-17-5-4-12(15)10-3-2-9(13)8-11(10)14/h2-3,8,12,15H,4-7H2,1H3. The third kappa shape index (κ3) is 4.77. The van der Waals surface area contributed by atoms with Crippen molar-refractivity contribution in [3.05, 3.63) is 35.4 Å². The third-order valence-electron chi connectivity index (χ3n) is 2.29. The minimum absolute atomic E-state index is 0.0849. The first-order chi connectivity index (χ1) is 8.15. The largest absolute Gasteiger partial charge is 0.388 e. The van der Waals surface area contributed by atoms with Crippen molar-refractivity contribution in [1.82, 2.24) is 0 Å². The molecule has 1 aromatic rings. The Kier molecular flexibility index (Phi) is 6.04. The molecule has 0 amide bonds. The van der Waals surface area contributed by atoms with Crippen molar-refractivity contribution in [3.63, 3.8) is 0 Å². The minimum atomic E-state index is -0.988. The van der Waals surface area contributed by atoms with Gasteiger partial charge in [-0.1, -0.05) is 6.07 Å². The summed E-state index contributed by atoms with van der Waals surface area (Å²) >= 11 is 0. The van der Waals surface area contributed by atoms with Crippen LogP contribution in [0, 0.1) is 11.6 Å². The number of aliphatic hydroxyl groups excluding tert-OH is 1. The fraction of sp³-hybridized carbons (Fsp3) is 0.500. The van der Waals surface area contributed by atoms with Gasteiger partial charge in [-0.25, -0.2) is 8.78 Å². The first-order valence-corrected chi connectivity index (χ1v) is 5.35. The van der Waals surface area contributed by atoms with Crippen LogP contribution in [0.2, 0.25) is 0 Å². The third-order valence-corrected chi connectivity index (χ3v) is 2.29. The maximum atomic E-state index is 13.3. The van der Waals surface area contributed by atoms with Gasteiger partial charge >= 0.3 is 0 Å². The highest BCUT2D eigenvalue weighted by Gasteiger charge is 2.13. The van der Waals surface area contributed by atoms with Crippen molar-refractivity contribution in [1.29, 1.82) is 0 Å². The second-order valence-electron chi connectivity index (χ2n) is 3.58. The number of methoxy groups -OCH3 is 1. The number of aliphatic hydroxyl groups is 1. The van der Waals surface area contributed by atoms with Crippen LogP contribution in [0.4, 0.5) is 8.78 Å². The quantitative estimate of drug-likeness (QED) is 0.748. The lowest BCUT2D eigenvalue weighted by atomic mass is 10.1. The first kappa shape index (κ1) is 14.0.